The van der Waals surface area contributed by atoms with Gasteiger partial charge in [-0.1, -0.05) is 15.9 Å². The molecule has 0 aliphatic carbocycles. The Kier molecular flexibility index (Phi) is 6.70. The summed E-state index contributed by atoms with van der Waals surface area (Å²) in [5, 5.41) is 2.95. The highest BCUT2D eigenvalue weighted by Gasteiger charge is 2.20. The van der Waals surface area contributed by atoms with E-state index in [1.807, 2.05) is 43.3 Å². The fourth-order valence-electron chi connectivity index (χ4n) is 2.36. The molecule has 1 N–H and O–H groups in total. The van der Waals surface area contributed by atoms with Crippen LogP contribution in [-0.4, -0.2) is 26.2 Å². The van der Waals surface area contributed by atoms with Crippen LogP contribution in [0.4, 0.5) is 0 Å². The van der Waals surface area contributed by atoms with E-state index < -0.39 is 6.10 Å². The van der Waals surface area contributed by atoms with Crippen LogP contribution in [0.1, 0.15) is 25.5 Å². The number of hydrogen-bond acceptors (Lipinski definition) is 4. The van der Waals surface area contributed by atoms with Gasteiger partial charge in [0.1, 0.15) is 17.2 Å². The Labute approximate surface area is 156 Å². The molecule has 0 spiro atoms. The molecule has 2 aromatic carbocycles. The van der Waals surface area contributed by atoms with Crippen LogP contribution < -0.4 is 19.5 Å². The maximum Gasteiger partial charge on any atom is 0.261 e. The quantitative estimate of drug-likeness (QED) is 0.749. The Morgan fingerprint density at radius 3 is 2.24 bits per heavy atom. The first-order valence-electron chi connectivity index (χ1n) is 7.89. The third kappa shape index (κ3) is 5.13. The zero-order valence-corrected chi connectivity index (χ0v) is 16.3. The number of amides is 1. The van der Waals surface area contributed by atoms with Gasteiger partial charge in [0.15, 0.2) is 6.10 Å². The Hall–Kier alpha value is -2.21. The van der Waals surface area contributed by atoms with Crippen molar-refractivity contribution in [2.24, 2.45) is 0 Å². The van der Waals surface area contributed by atoms with E-state index in [0.717, 1.165) is 10.0 Å². The summed E-state index contributed by atoms with van der Waals surface area (Å²) in [5.74, 6) is 1.80. The molecule has 0 aliphatic heterocycles. The summed E-state index contributed by atoms with van der Waals surface area (Å²) in [5.41, 5.74) is 0.868. The van der Waals surface area contributed by atoms with Crippen LogP contribution in [0.25, 0.3) is 0 Å². The van der Waals surface area contributed by atoms with Gasteiger partial charge in [0, 0.05) is 16.1 Å². The van der Waals surface area contributed by atoms with E-state index in [4.69, 9.17) is 14.2 Å². The zero-order valence-electron chi connectivity index (χ0n) is 14.7. The number of nitrogens with one attached hydrogen (secondary N) is 1. The van der Waals surface area contributed by atoms with Gasteiger partial charge in [0.2, 0.25) is 0 Å². The second-order valence-electron chi connectivity index (χ2n) is 5.55. The van der Waals surface area contributed by atoms with E-state index in [-0.39, 0.29) is 11.9 Å². The first kappa shape index (κ1) is 19.1. The van der Waals surface area contributed by atoms with E-state index in [2.05, 4.69) is 21.2 Å². The topological polar surface area (TPSA) is 56.8 Å². The fraction of sp³-hybridized carbons (Fsp3) is 0.316. The number of carbonyl (C=O) groups excluding carboxylic acids is 1. The van der Waals surface area contributed by atoms with Crippen molar-refractivity contribution < 1.29 is 19.0 Å². The van der Waals surface area contributed by atoms with Crippen LogP contribution in [0, 0.1) is 0 Å². The highest BCUT2D eigenvalue weighted by Crippen LogP contribution is 2.29. The zero-order chi connectivity index (χ0) is 18.4. The molecule has 1 amide bonds. The number of methoxy groups -OCH3 is 2. The van der Waals surface area contributed by atoms with E-state index in [1.165, 1.54) is 0 Å². The van der Waals surface area contributed by atoms with Crippen molar-refractivity contribution in [3.8, 4) is 17.2 Å². The Bertz CT molecular complexity index is 718. The van der Waals surface area contributed by atoms with Gasteiger partial charge >= 0.3 is 0 Å². The molecule has 0 radical (unpaired) electrons. The molecule has 5 nitrogen and oxygen atoms in total. The molecule has 2 atom stereocenters. The molecule has 25 heavy (non-hydrogen) atoms. The molecule has 6 heteroatoms. The van der Waals surface area contributed by atoms with Crippen molar-refractivity contribution in [2.75, 3.05) is 14.2 Å². The maximum atomic E-state index is 12.4. The van der Waals surface area contributed by atoms with Crippen LogP contribution in [0.15, 0.2) is 46.9 Å². The van der Waals surface area contributed by atoms with E-state index in [0.29, 0.717) is 17.2 Å². The Morgan fingerprint density at radius 1 is 1.00 bits per heavy atom. The maximum absolute atomic E-state index is 12.4. The van der Waals surface area contributed by atoms with Crippen LogP contribution in [0.5, 0.6) is 17.2 Å². The van der Waals surface area contributed by atoms with Crippen molar-refractivity contribution >= 4 is 21.8 Å². The molecule has 0 fully saturated rings. The largest absolute Gasteiger partial charge is 0.497 e. The monoisotopic (exact) mass is 407 g/mol. The molecule has 0 saturated carbocycles. The summed E-state index contributed by atoms with van der Waals surface area (Å²) in [6, 6.07) is 12.6. The molecule has 0 aromatic heterocycles. The third-order valence-electron chi connectivity index (χ3n) is 3.76. The Balaban J connectivity index is 2.02. The van der Waals surface area contributed by atoms with Crippen molar-refractivity contribution in [3.63, 3.8) is 0 Å². The third-order valence-corrected chi connectivity index (χ3v) is 4.29. The minimum atomic E-state index is -0.618. The molecule has 2 unspecified atom stereocenters. The molecular formula is C19H22BrNO4. The number of halogens is 1. The van der Waals surface area contributed by atoms with Gasteiger partial charge in [-0.25, -0.2) is 0 Å². The Morgan fingerprint density at radius 2 is 1.64 bits per heavy atom. The van der Waals surface area contributed by atoms with E-state index in [9.17, 15) is 4.79 Å². The number of rotatable bonds is 7. The van der Waals surface area contributed by atoms with Gasteiger partial charge in [-0.05, 0) is 50.2 Å². The molecular weight excluding hydrogens is 386 g/mol. The van der Waals surface area contributed by atoms with Gasteiger partial charge in [-0.15, -0.1) is 0 Å². The second-order valence-corrected chi connectivity index (χ2v) is 6.47. The van der Waals surface area contributed by atoms with E-state index in [1.54, 1.807) is 27.2 Å². The highest BCUT2D eigenvalue weighted by molar-refractivity contribution is 9.10. The fourth-order valence-corrected chi connectivity index (χ4v) is 2.62. The predicted molar refractivity (Wildman–Crippen MR) is 100 cm³/mol. The minimum Gasteiger partial charge on any atom is -0.497 e. The highest BCUT2D eigenvalue weighted by atomic mass is 79.9. The first-order chi connectivity index (χ1) is 11.9. The lowest BCUT2D eigenvalue weighted by Gasteiger charge is -2.21. The summed E-state index contributed by atoms with van der Waals surface area (Å²) in [7, 11) is 3.19. The van der Waals surface area contributed by atoms with Gasteiger partial charge in [-0.2, -0.15) is 0 Å². The SMILES string of the molecule is COc1ccc(C(C)NC(=O)C(C)Oc2ccc(Br)cc2)c(OC)c1. The number of hydrogen-bond donors (Lipinski definition) is 1. The molecule has 0 saturated heterocycles. The summed E-state index contributed by atoms with van der Waals surface area (Å²) in [4.78, 5) is 12.4. The molecule has 0 aliphatic rings. The second kappa shape index (κ2) is 8.76. The average molecular weight is 408 g/mol. The smallest absolute Gasteiger partial charge is 0.261 e. The number of ether oxygens (including phenoxy) is 3. The minimum absolute atomic E-state index is 0.201. The first-order valence-corrected chi connectivity index (χ1v) is 8.68. The number of benzene rings is 2. The molecule has 2 aromatic rings. The van der Waals surface area contributed by atoms with Crippen LogP contribution >= 0.6 is 15.9 Å². The van der Waals surface area contributed by atoms with Crippen molar-refractivity contribution in [2.45, 2.75) is 26.0 Å². The lowest BCUT2D eigenvalue weighted by atomic mass is 10.1. The standard InChI is InChI=1S/C19H22BrNO4/c1-12(17-10-9-16(23-3)11-18(17)24-4)21-19(22)13(2)25-15-7-5-14(20)6-8-15/h5-13H,1-4H3,(H,21,22). The van der Waals surface area contributed by atoms with E-state index >= 15 is 0 Å². The summed E-state index contributed by atoms with van der Waals surface area (Å²) >= 11 is 3.37. The van der Waals surface area contributed by atoms with Gasteiger partial charge in [0.25, 0.3) is 5.91 Å². The van der Waals surface area contributed by atoms with Crippen molar-refractivity contribution in [1.29, 1.82) is 0 Å². The van der Waals surface area contributed by atoms with Crippen molar-refractivity contribution in [1.82, 2.24) is 5.32 Å². The lowest BCUT2D eigenvalue weighted by molar-refractivity contribution is -0.127. The molecule has 2 rings (SSSR count). The van der Waals surface area contributed by atoms with Crippen molar-refractivity contribution in [3.05, 3.63) is 52.5 Å². The average Bonchev–Trinajstić information content (AvgIpc) is 2.62. The summed E-state index contributed by atoms with van der Waals surface area (Å²) in [6.07, 6.45) is -0.618. The normalized spacial score (nSPS) is 12.8. The van der Waals surface area contributed by atoms with Gasteiger partial charge in [-0.3, -0.25) is 4.79 Å². The molecule has 0 heterocycles. The molecule has 134 valence electrons. The van der Waals surface area contributed by atoms with Crippen LogP contribution in [-0.2, 0) is 4.79 Å². The number of carbonyl (C=O) groups is 1. The molecule has 0 bridgehead atoms. The van der Waals surface area contributed by atoms with Crippen LogP contribution in [0.3, 0.4) is 0 Å². The van der Waals surface area contributed by atoms with Crippen LogP contribution in [0.2, 0.25) is 0 Å². The predicted octanol–water partition coefficient (Wildman–Crippen LogP) is 4.11. The van der Waals surface area contributed by atoms with Gasteiger partial charge in [0.05, 0.1) is 20.3 Å². The lowest BCUT2D eigenvalue weighted by Crippen LogP contribution is -2.37. The summed E-state index contributed by atoms with van der Waals surface area (Å²) in [6.45, 7) is 3.62. The summed E-state index contributed by atoms with van der Waals surface area (Å²) < 4.78 is 17.2. The van der Waals surface area contributed by atoms with Gasteiger partial charge < -0.3 is 19.5 Å².